The molecule has 0 unspecified atom stereocenters. The molecule has 1 heterocycles. The number of carbonyl (C=O) groups excluding carboxylic acids is 1. The molecule has 0 fully saturated rings. The van der Waals surface area contributed by atoms with E-state index in [0.29, 0.717) is 36.6 Å². The molecule has 0 spiro atoms. The molecule has 0 aromatic heterocycles. The minimum atomic E-state index is -0.358. The Morgan fingerprint density at radius 3 is 2.60 bits per heavy atom. The van der Waals surface area contributed by atoms with Crippen LogP contribution in [0.25, 0.3) is 0 Å². The molecule has 1 N–H and O–H groups in total. The molecule has 110 valence electrons. The lowest BCUT2D eigenvalue weighted by Gasteiger charge is -2.30. The fourth-order valence-electron chi connectivity index (χ4n) is 2.58. The molecule has 2 rings (SSSR count). The summed E-state index contributed by atoms with van der Waals surface area (Å²) in [7, 11) is 4.51. The van der Waals surface area contributed by atoms with Crippen LogP contribution in [0.1, 0.15) is 16.7 Å². The van der Waals surface area contributed by atoms with Crippen molar-refractivity contribution >= 4 is 6.09 Å². The molecule has 0 aliphatic carbocycles. The maximum atomic E-state index is 11.6. The number of carbonyl (C=O) groups is 1. The van der Waals surface area contributed by atoms with Gasteiger partial charge in [0.15, 0.2) is 0 Å². The minimum Gasteiger partial charge on any atom is -0.496 e. The third kappa shape index (κ3) is 2.38. The van der Waals surface area contributed by atoms with Crippen LogP contribution in [0.5, 0.6) is 11.5 Å². The zero-order valence-electron chi connectivity index (χ0n) is 11.9. The Labute approximate surface area is 117 Å². The minimum absolute atomic E-state index is 0.118. The standard InChI is InChI=1S/C14H19NO5/c1-18-12-6-9(8-16)13(19-2)10-4-5-15(7-11(10)12)14(17)20-3/h6,16H,4-5,7-8H2,1-3H3. The van der Waals surface area contributed by atoms with Gasteiger partial charge < -0.3 is 24.2 Å². The van der Waals surface area contributed by atoms with E-state index in [1.165, 1.54) is 7.11 Å². The number of hydrogen-bond acceptors (Lipinski definition) is 5. The molecular formula is C14H19NO5. The van der Waals surface area contributed by atoms with Crippen molar-refractivity contribution in [2.75, 3.05) is 27.9 Å². The molecule has 6 heteroatoms. The summed E-state index contributed by atoms with van der Waals surface area (Å²) in [6.07, 6.45) is 0.278. The number of methoxy groups -OCH3 is 3. The lowest BCUT2D eigenvalue weighted by molar-refractivity contribution is 0.118. The predicted octanol–water partition coefficient (Wildman–Crippen LogP) is 1.32. The van der Waals surface area contributed by atoms with Crippen LogP contribution >= 0.6 is 0 Å². The highest BCUT2D eigenvalue weighted by atomic mass is 16.5. The first-order chi connectivity index (χ1) is 9.65. The molecule has 0 saturated carbocycles. The van der Waals surface area contributed by atoms with Crippen LogP contribution in [0.4, 0.5) is 4.79 Å². The van der Waals surface area contributed by atoms with E-state index >= 15 is 0 Å². The Kier molecular flexibility index (Phi) is 4.34. The van der Waals surface area contributed by atoms with Crippen LogP contribution in [0, 0.1) is 0 Å². The highest BCUT2D eigenvalue weighted by molar-refractivity contribution is 5.69. The van der Waals surface area contributed by atoms with Crippen LogP contribution in [-0.2, 0) is 24.3 Å². The second-order valence-electron chi connectivity index (χ2n) is 4.53. The first-order valence-electron chi connectivity index (χ1n) is 6.35. The summed E-state index contributed by atoms with van der Waals surface area (Å²) in [5.74, 6) is 1.33. The van der Waals surface area contributed by atoms with E-state index < -0.39 is 0 Å². The maximum absolute atomic E-state index is 11.6. The average Bonchev–Trinajstić information content (AvgIpc) is 2.51. The maximum Gasteiger partial charge on any atom is 0.409 e. The Balaban J connectivity index is 2.47. The average molecular weight is 281 g/mol. The molecule has 6 nitrogen and oxygen atoms in total. The number of rotatable bonds is 3. The van der Waals surface area contributed by atoms with Crippen LogP contribution in [0.2, 0.25) is 0 Å². The largest absolute Gasteiger partial charge is 0.496 e. The number of benzene rings is 1. The third-order valence-corrected chi connectivity index (χ3v) is 3.54. The van der Waals surface area contributed by atoms with Gasteiger partial charge in [-0.25, -0.2) is 4.79 Å². The molecule has 1 aliphatic rings. The molecular weight excluding hydrogens is 262 g/mol. The summed E-state index contributed by atoms with van der Waals surface area (Å²) in [4.78, 5) is 13.3. The molecule has 1 amide bonds. The summed E-state index contributed by atoms with van der Waals surface area (Å²) < 4.78 is 15.5. The molecule has 1 aromatic carbocycles. The molecule has 0 atom stereocenters. The Bertz CT molecular complexity index is 515. The molecule has 0 radical (unpaired) electrons. The number of aliphatic hydroxyl groups is 1. The van der Waals surface area contributed by atoms with Gasteiger partial charge in [-0.1, -0.05) is 0 Å². The number of amides is 1. The van der Waals surface area contributed by atoms with E-state index in [1.54, 1.807) is 25.2 Å². The van der Waals surface area contributed by atoms with Gasteiger partial charge in [-0.2, -0.15) is 0 Å². The van der Waals surface area contributed by atoms with Crippen molar-refractivity contribution in [2.45, 2.75) is 19.6 Å². The molecule has 1 aliphatic heterocycles. The Hall–Kier alpha value is -1.95. The topological polar surface area (TPSA) is 68.2 Å². The van der Waals surface area contributed by atoms with Gasteiger partial charge in [-0.3, -0.25) is 0 Å². The second-order valence-corrected chi connectivity index (χ2v) is 4.53. The van der Waals surface area contributed by atoms with Crippen molar-refractivity contribution in [1.82, 2.24) is 4.90 Å². The van der Waals surface area contributed by atoms with Gasteiger partial charge in [-0.15, -0.1) is 0 Å². The summed E-state index contributed by atoms with van der Waals surface area (Å²) in [6, 6.07) is 1.75. The summed E-state index contributed by atoms with van der Waals surface area (Å²) in [5, 5.41) is 9.43. The van der Waals surface area contributed by atoms with Crippen molar-refractivity contribution < 1.29 is 24.1 Å². The zero-order valence-corrected chi connectivity index (χ0v) is 11.9. The second kappa shape index (κ2) is 6.00. The predicted molar refractivity (Wildman–Crippen MR) is 72.0 cm³/mol. The monoisotopic (exact) mass is 281 g/mol. The van der Waals surface area contributed by atoms with Crippen molar-refractivity contribution in [3.8, 4) is 11.5 Å². The van der Waals surface area contributed by atoms with Crippen molar-refractivity contribution in [1.29, 1.82) is 0 Å². The van der Waals surface area contributed by atoms with Crippen LogP contribution in [-0.4, -0.2) is 44.0 Å². The van der Waals surface area contributed by atoms with E-state index in [4.69, 9.17) is 14.2 Å². The van der Waals surface area contributed by atoms with Gasteiger partial charge in [0.05, 0.1) is 34.5 Å². The SMILES string of the molecule is COC(=O)N1CCc2c(c(OC)cc(CO)c2OC)C1. The fraction of sp³-hybridized carbons (Fsp3) is 0.500. The van der Waals surface area contributed by atoms with Crippen molar-refractivity contribution in [3.63, 3.8) is 0 Å². The van der Waals surface area contributed by atoms with E-state index in [2.05, 4.69) is 0 Å². The van der Waals surface area contributed by atoms with Crippen LogP contribution in [0.15, 0.2) is 6.07 Å². The summed E-state index contributed by atoms with van der Waals surface area (Å²) >= 11 is 0. The smallest absolute Gasteiger partial charge is 0.409 e. The number of ether oxygens (including phenoxy) is 3. The lowest BCUT2D eigenvalue weighted by atomic mass is 9.95. The Morgan fingerprint density at radius 2 is 2.05 bits per heavy atom. The number of hydrogen-bond donors (Lipinski definition) is 1. The number of aliphatic hydroxyl groups excluding tert-OH is 1. The molecule has 20 heavy (non-hydrogen) atoms. The normalized spacial score (nSPS) is 13.7. The zero-order chi connectivity index (χ0) is 14.7. The van der Waals surface area contributed by atoms with E-state index in [1.807, 2.05) is 0 Å². The van der Waals surface area contributed by atoms with Crippen molar-refractivity contribution in [2.24, 2.45) is 0 Å². The van der Waals surface area contributed by atoms with Gasteiger partial charge in [0.25, 0.3) is 0 Å². The lowest BCUT2D eigenvalue weighted by Crippen LogP contribution is -2.36. The number of nitrogens with zero attached hydrogens (tertiary/aromatic N) is 1. The summed E-state index contributed by atoms with van der Waals surface area (Å²) in [5.41, 5.74) is 2.57. The molecule has 0 bridgehead atoms. The van der Waals surface area contributed by atoms with Gasteiger partial charge in [-0.05, 0) is 12.5 Å². The first kappa shape index (κ1) is 14.5. The quantitative estimate of drug-likeness (QED) is 0.905. The third-order valence-electron chi connectivity index (χ3n) is 3.54. The number of fused-ring (bicyclic) bond motifs is 1. The van der Waals surface area contributed by atoms with Gasteiger partial charge >= 0.3 is 6.09 Å². The van der Waals surface area contributed by atoms with Crippen molar-refractivity contribution in [3.05, 3.63) is 22.8 Å². The van der Waals surface area contributed by atoms with E-state index in [0.717, 1.165) is 11.1 Å². The first-order valence-corrected chi connectivity index (χ1v) is 6.35. The van der Waals surface area contributed by atoms with Crippen LogP contribution < -0.4 is 9.47 Å². The fourth-order valence-corrected chi connectivity index (χ4v) is 2.58. The molecule has 1 aromatic rings. The van der Waals surface area contributed by atoms with Gasteiger partial charge in [0.2, 0.25) is 0 Å². The molecule has 0 saturated heterocycles. The van der Waals surface area contributed by atoms with Gasteiger partial charge in [0.1, 0.15) is 11.5 Å². The van der Waals surface area contributed by atoms with Crippen LogP contribution in [0.3, 0.4) is 0 Å². The van der Waals surface area contributed by atoms with E-state index in [-0.39, 0.29) is 12.7 Å². The highest BCUT2D eigenvalue weighted by Gasteiger charge is 2.28. The highest BCUT2D eigenvalue weighted by Crippen LogP contribution is 2.38. The summed E-state index contributed by atoms with van der Waals surface area (Å²) in [6.45, 7) is 0.842. The van der Waals surface area contributed by atoms with E-state index in [9.17, 15) is 9.90 Å². The van der Waals surface area contributed by atoms with Gasteiger partial charge in [0, 0.05) is 23.2 Å². The Morgan fingerprint density at radius 1 is 1.30 bits per heavy atom.